The summed E-state index contributed by atoms with van der Waals surface area (Å²) in [5, 5.41) is 3.25. The molecule has 0 spiro atoms. The van der Waals surface area contributed by atoms with Crippen molar-refractivity contribution in [3.63, 3.8) is 0 Å². The molecule has 1 heterocycles. The highest BCUT2D eigenvalue weighted by Crippen LogP contribution is 2.15. The molecule has 0 radical (unpaired) electrons. The fourth-order valence-electron chi connectivity index (χ4n) is 1.40. The Labute approximate surface area is 97.5 Å². The third-order valence-electron chi connectivity index (χ3n) is 2.30. The van der Waals surface area contributed by atoms with Gasteiger partial charge in [0.05, 0.1) is 13.2 Å². The summed E-state index contributed by atoms with van der Waals surface area (Å²) in [7, 11) is 0. The Morgan fingerprint density at radius 1 is 1.50 bits per heavy atom. The van der Waals surface area contributed by atoms with Crippen molar-refractivity contribution < 1.29 is 9.15 Å². The smallest absolute Gasteiger partial charge is 0.130 e. The lowest BCUT2D eigenvalue weighted by Gasteiger charge is -1.99. The summed E-state index contributed by atoms with van der Waals surface area (Å²) in [6.07, 6.45) is 3.96. The van der Waals surface area contributed by atoms with Crippen LogP contribution in [0.15, 0.2) is 22.6 Å². The summed E-state index contributed by atoms with van der Waals surface area (Å²) in [4.78, 5) is 0. The first-order valence-corrected chi connectivity index (χ1v) is 5.75. The van der Waals surface area contributed by atoms with E-state index in [0.717, 1.165) is 24.6 Å². The summed E-state index contributed by atoms with van der Waals surface area (Å²) < 4.78 is 11.1. The molecule has 1 N–H and O–H groups in total. The van der Waals surface area contributed by atoms with Gasteiger partial charge in [-0.1, -0.05) is 19.1 Å². The average molecular weight is 223 g/mol. The van der Waals surface area contributed by atoms with Crippen molar-refractivity contribution >= 4 is 0 Å². The molecule has 0 unspecified atom stereocenters. The van der Waals surface area contributed by atoms with Crippen LogP contribution < -0.4 is 5.32 Å². The van der Waals surface area contributed by atoms with E-state index in [4.69, 9.17) is 9.15 Å². The Morgan fingerprint density at radius 2 is 2.31 bits per heavy atom. The summed E-state index contributed by atoms with van der Waals surface area (Å²) in [5.41, 5.74) is 1.19. The van der Waals surface area contributed by atoms with Crippen molar-refractivity contribution in [1.29, 1.82) is 0 Å². The van der Waals surface area contributed by atoms with Crippen molar-refractivity contribution in [2.24, 2.45) is 0 Å². The third-order valence-corrected chi connectivity index (χ3v) is 2.30. The fourth-order valence-corrected chi connectivity index (χ4v) is 1.40. The van der Waals surface area contributed by atoms with Crippen LogP contribution in [0, 0.1) is 6.92 Å². The van der Waals surface area contributed by atoms with E-state index in [2.05, 4.69) is 19.2 Å². The van der Waals surface area contributed by atoms with Crippen LogP contribution in [0.3, 0.4) is 0 Å². The van der Waals surface area contributed by atoms with E-state index in [1.807, 2.05) is 25.1 Å². The van der Waals surface area contributed by atoms with Gasteiger partial charge in [-0.05, 0) is 32.0 Å². The van der Waals surface area contributed by atoms with Gasteiger partial charge >= 0.3 is 0 Å². The molecule has 0 saturated carbocycles. The maximum Gasteiger partial charge on any atom is 0.130 e. The molecule has 0 saturated heterocycles. The number of furan rings is 1. The molecule has 90 valence electrons. The zero-order valence-corrected chi connectivity index (χ0v) is 10.4. The second-order valence-electron chi connectivity index (χ2n) is 3.68. The Hall–Kier alpha value is -1.06. The molecular formula is C13H21NO2. The van der Waals surface area contributed by atoms with E-state index in [-0.39, 0.29) is 0 Å². The first-order valence-electron chi connectivity index (χ1n) is 5.75. The molecule has 0 aliphatic carbocycles. The highest BCUT2D eigenvalue weighted by molar-refractivity contribution is 5.19. The molecule has 1 aromatic heterocycles. The predicted octanol–water partition coefficient (Wildman–Crippen LogP) is 2.79. The van der Waals surface area contributed by atoms with Crippen molar-refractivity contribution in [1.82, 2.24) is 5.32 Å². The van der Waals surface area contributed by atoms with Crippen LogP contribution in [0.2, 0.25) is 0 Å². The van der Waals surface area contributed by atoms with E-state index >= 15 is 0 Å². The minimum atomic E-state index is 0.539. The summed E-state index contributed by atoms with van der Waals surface area (Å²) >= 11 is 0. The normalized spacial score (nSPS) is 11.4. The summed E-state index contributed by atoms with van der Waals surface area (Å²) in [6.45, 7) is 9.04. The monoisotopic (exact) mass is 223 g/mol. The molecule has 0 atom stereocenters. The number of allylic oxidation sites excluding steroid dienone is 1. The molecule has 3 nitrogen and oxygen atoms in total. The molecule has 3 heteroatoms. The fraction of sp³-hybridized carbons (Fsp3) is 0.538. The Kier molecular flexibility index (Phi) is 5.90. The average Bonchev–Trinajstić information content (AvgIpc) is 2.63. The highest BCUT2D eigenvalue weighted by Gasteiger charge is 2.06. The van der Waals surface area contributed by atoms with Gasteiger partial charge in [-0.2, -0.15) is 0 Å². The minimum absolute atomic E-state index is 0.539. The SMILES string of the molecule is CC=CCOCc1cc(C)c(CNCC)o1. The van der Waals surface area contributed by atoms with E-state index in [0.29, 0.717) is 13.2 Å². The van der Waals surface area contributed by atoms with Gasteiger partial charge < -0.3 is 14.5 Å². The molecule has 1 rings (SSSR count). The zero-order valence-electron chi connectivity index (χ0n) is 10.4. The van der Waals surface area contributed by atoms with Gasteiger partial charge in [0.25, 0.3) is 0 Å². The van der Waals surface area contributed by atoms with Gasteiger partial charge in [0, 0.05) is 0 Å². The second-order valence-corrected chi connectivity index (χ2v) is 3.68. The van der Waals surface area contributed by atoms with Crippen molar-refractivity contribution in [3.8, 4) is 0 Å². The predicted molar refractivity (Wildman–Crippen MR) is 65.3 cm³/mol. The van der Waals surface area contributed by atoms with Gasteiger partial charge in [0.1, 0.15) is 18.1 Å². The van der Waals surface area contributed by atoms with Gasteiger partial charge in [-0.25, -0.2) is 0 Å². The minimum Gasteiger partial charge on any atom is -0.462 e. The lowest BCUT2D eigenvalue weighted by molar-refractivity contribution is 0.130. The van der Waals surface area contributed by atoms with E-state index in [1.165, 1.54) is 5.56 Å². The molecule has 1 aromatic rings. The second kappa shape index (κ2) is 7.25. The quantitative estimate of drug-likeness (QED) is 0.570. The standard InChI is InChI=1S/C13H21NO2/c1-4-6-7-15-10-12-8-11(3)13(16-12)9-14-5-2/h4,6,8,14H,5,7,9-10H2,1-3H3. The van der Waals surface area contributed by atoms with Gasteiger partial charge in [0.2, 0.25) is 0 Å². The number of hydrogen-bond donors (Lipinski definition) is 1. The van der Waals surface area contributed by atoms with Crippen LogP contribution in [0.1, 0.15) is 30.9 Å². The number of hydrogen-bond acceptors (Lipinski definition) is 3. The molecule has 0 aliphatic rings. The molecule has 16 heavy (non-hydrogen) atoms. The molecule has 0 fully saturated rings. The first kappa shape index (κ1) is 13.0. The van der Waals surface area contributed by atoms with E-state index in [1.54, 1.807) is 0 Å². The van der Waals surface area contributed by atoms with Crippen molar-refractivity contribution in [2.75, 3.05) is 13.2 Å². The van der Waals surface area contributed by atoms with E-state index < -0.39 is 0 Å². The largest absolute Gasteiger partial charge is 0.462 e. The summed E-state index contributed by atoms with van der Waals surface area (Å²) in [5.74, 6) is 1.90. The van der Waals surface area contributed by atoms with Crippen LogP contribution in [0.5, 0.6) is 0 Å². The maximum atomic E-state index is 5.69. The topological polar surface area (TPSA) is 34.4 Å². The molecule has 0 aliphatic heterocycles. The number of nitrogens with one attached hydrogen (secondary N) is 1. The Bertz CT molecular complexity index is 329. The van der Waals surface area contributed by atoms with Gasteiger partial charge in [0.15, 0.2) is 0 Å². The van der Waals surface area contributed by atoms with Crippen molar-refractivity contribution in [2.45, 2.75) is 33.9 Å². The Balaban J connectivity index is 2.42. The Morgan fingerprint density at radius 3 is 3.00 bits per heavy atom. The van der Waals surface area contributed by atoms with Crippen molar-refractivity contribution in [3.05, 3.63) is 35.3 Å². The van der Waals surface area contributed by atoms with E-state index in [9.17, 15) is 0 Å². The lowest BCUT2D eigenvalue weighted by atomic mass is 10.2. The van der Waals surface area contributed by atoms with Gasteiger partial charge in [-0.3, -0.25) is 0 Å². The first-order chi connectivity index (χ1) is 7.77. The van der Waals surface area contributed by atoms with Crippen LogP contribution >= 0.6 is 0 Å². The highest BCUT2D eigenvalue weighted by atomic mass is 16.5. The zero-order chi connectivity index (χ0) is 11.8. The molecule has 0 aromatic carbocycles. The molecular weight excluding hydrogens is 202 g/mol. The maximum absolute atomic E-state index is 5.69. The van der Waals surface area contributed by atoms with Gasteiger partial charge in [-0.15, -0.1) is 0 Å². The lowest BCUT2D eigenvalue weighted by Crippen LogP contribution is -2.11. The summed E-state index contributed by atoms with van der Waals surface area (Å²) in [6, 6.07) is 2.04. The molecule has 0 bridgehead atoms. The molecule has 0 amide bonds. The van der Waals surface area contributed by atoms with Crippen LogP contribution in [-0.4, -0.2) is 13.2 Å². The number of aryl methyl sites for hydroxylation is 1. The van der Waals surface area contributed by atoms with Crippen LogP contribution in [0.4, 0.5) is 0 Å². The van der Waals surface area contributed by atoms with Crippen LogP contribution in [0.25, 0.3) is 0 Å². The van der Waals surface area contributed by atoms with Crippen LogP contribution in [-0.2, 0) is 17.9 Å². The number of ether oxygens (including phenoxy) is 1. The third kappa shape index (κ3) is 4.21. The number of rotatable bonds is 7.